The number of aliphatic carboxylic acids is 1. The molecule has 2 heterocycles. The van der Waals surface area contributed by atoms with Gasteiger partial charge in [0.1, 0.15) is 5.82 Å². The molecule has 4 nitrogen and oxygen atoms in total. The highest BCUT2D eigenvalue weighted by Gasteiger charge is 2.15. The highest BCUT2D eigenvalue weighted by atomic mass is 16.4. The second-order valence-electron chi connectivity index (χ2n) is 6.64. The van der Waals surface area contributed by atoms with Crippen molar-refractivity contribution in [3.05, 3.63) is 90.8 Å². The van der Waals surface area contributed by atoms with Crippen LogP contribution in [0.4, 0.5) is 0 Å². The first kappa shape index (κ1) is 17.7. The Kier molecular flexibility index (Phi) is 4.77. The Hall–Kier alpha value is -3.66. The summed E-state index contributed by atoms with van der Waals surface area (Å²) in [5.41, 5.74) is 5.26. The Bertz CT molecular complexity index is 1160. The minimum atomic E-state index is -0.789. The second kappa shape index (κ2) is 7.53. The number of pyridine rings is 1. The summed E-state index contributed by atoms with van der Waals surface area (Å²) in [7, 11) is 0. The molecule has 1 N–H and O–H groups in total. The quantitative estimate of drug-likeness (QED) is 0.499. The molecule has 0 saturated heterocycles. The molecular weight excluding hydrogens is 348 g/mol. The van der Waals surface area contributed by atoms with Gasteiger partial charge >= 0.3 is 5.97 Å². The van der Waals surface area contributed by atoms with Gasteiger partial charge in [-0.05, 0) is 47.4 Å². The molecule has 0 aliphatic heterocycles. The van der Waals surface area contributed by atoms with Crippen molar-refractivity contribution in [2.45, 2.75) is 12.8 Å². The SMILES string of the molecule is C=Cc1ccccc1-c1cn(-c2ccccn2)c2ccc(CCC(=O)O)cc12. The van der Waals surface area contributed by atoms with E-state index in [1.54, 1.807) is 6.20 Å². The van der Waals surface area contributed by atoms with Crippen molar-refractivity contribution in [1.82, 2.24) is 9.55 Å². The van der Waals surface area contributed by atoms with Crippen molar-refractivity contribution in [2.75, 3.05) is 0 Å². The third-order valence-corrected chi connectivity index (χ3v) is 4.86. The minimum Gasteiger partial charge on any atom is -0.481 e. The third-order valence-electron chi connectivity index (χ3n) is 4.86. The standard InChI is InChI=1S/C24H20N2O2/c1-2-18-7-3-4-8-19(18)21-16-26(23-9-5-6-14-25-23)22-12-10-17(15-20(21)22)11-13-24(27)28/h2-10,12,14-16H,1,11,13H2,(H,27,28). The second-order valence-corrected chi connectivity index (χ2v) is 6.64. The molecule has 4 rings (SSSR count). The van der Waals surface area contributed by atoms with Crippen molar-refractivity contribution < 1.29 is 9.90 Å². The fraction of sp³-hybridized carbons (Fsp3) is 0.0833. The van der Waals surface area contributed by atoms with Crippen molar-refractivity contribution >= 4 is 22.9 Å². The lowest BCUT2D eigenvalue weighted by Gasteiger charge is -2.06. The van der Waals surface area contributed by atoms with Crippen LogP contribution >= 0.6 is 0 Å². The van der Waals surface area contributed by atoms with Gasteiger partial charge in [0.25, 0.3) is 0 Å². The number of fused-ring (bicyclic) bond motifs is 1. The van der Waals surface area contributed by atoms with Crippen LogP contribution in [0.5, 0.6) is 0 Å². The van der Waals surface area contributed by atoms with E-state index in [9.17, 15) is 4.79 Å². The third kappa shape index (κ3) is 3.32. The zero-order valence-electron chi connectivity index (χ0n) is 15.4. The molecule has 0 spiro atoms. The maximum Gasteiger partial charge on any atom is 0.303 e. The molecule has 0 saturated carbocycles. The van der Waals surface area contributed by atoms with Crippen LogP contribution in [0.3, 0.4) is 0 Å². The summed E-state index contributed by atoms with van der Waals surface area (Å²) in [6.07, 6.45) is 6.34. The van der Waals surface area contributed by atoms with Gasteiger partial charge < -0.3 is 9.67 Å². The van der Waals surface area contributed by atoms with Gasteiger partial charge in [0.05, 0.1) is 5.52 Å². The van der Waals surface area contributed by atoms with Gasteiger partial charge in [-0.1, -0.05) is 49.1 Å². The lowest BCUT2D eigenvalue weighted by Crippen LogP contribution is -1.98. The van der Waals surface area contributed by atoms with Gasteiger partial charge in [0.2, 0.25) is 0 Å². The first-order chi connectivity index (χ1) is 13.7. The number of aromatic nitrogens is 2. The van der Waals surface area contributed by atoms with Crippen LogP contribution in [0, 0.1) is 0 Å². The molecule has 2 aromatic carbocycles. The molecule has 138 valence electrons. The summed E-state index contributed by atoms with van der Waals surface area (Å²) in [6, 6.07) is 20.1. The normalized spacial score (nSPS) is 10.9. The smallest absolute Gasteiger partial charge is 0.303 e. The number of carboxylic acids is 1. The molecule has 0 aliphatic carbocycles. The molecule has 0 atom stereocenters. The summed E-state index contributed by atoms with van der Waals surface area (Å²) in [6.45, 7) is 3.94. The highest BCUT2D eigenvalue weighted by molar-refractivity contribution is 5.99. The number of rotatable bonds is 6. The van der Waals surface area contributed by atoms with Gasteiger partial charge in [-0.2, -0.15) is 0 Å². The molecule has 4 aromatic rings. The Morgan fingerprint density at radius 1 is 1.07 bits per heavy atom. The van der Waals surface area contributed by atoms with Gasteiger partial charge in [-0.15, -0.1) is 0 Å². The monoisotopic (exact) mass is 368 g/mol. The molecule has 28 heavy (non-hydrogen) atoms. The molecule has 0 radical (unpaired) electrons. The fourth-order valence-electron chi connectivity index (χ4n) is 3.50. The van der Waals surface area contributed by atoms with E-state index in [1.165, 1.54) is 0 Å². The lowest BCUT2D eigenvalue weighted by atomic mass is 9.97. The van der Waals surface area contributed by atoms with Crippen LogP contribution in [0.25, 0.3) is 33.9 Å². The van der Waals surface area contributed by atoms with Crippen molar-refractivity contribution in [2.24, 2.45) is 0 Å². The van der Waals surface area contributed by atoms with E-state index in [0.29, 0.717) is 6.42 Å². The number of nitrogens with zero attached hydrogens (tertiary/aromatic N) is 2. The first-order valence-electron chi connectivity index (χ1n) is 9.16. The van der Waals surface area contributed by atoms with Gasteiger partial charge in [-0.3, -0.25) is 4.79 Å². The summed E-state index contributed by atoms with van der Waals surface area (Å²) in [5.74, 6) is 0.0523. The lowest BCUT2D eigenvalue weighted by molar-refractivity contribution is -0.136. The zero-order valence-corrected chi connectivity index (χ0v) is 15.4. The zero-order chi connectivity index (χ0) is 19.5. The van der Waals surface area contributed by atoms with Gasteiger partial charge in [0, 0.05) is 29.8 Å². The number of hydrogen-bond donors (Lipinski definition) is 1. The Morgan fingerprint density at radius 3 is 2.64 bits per heavy atom. The van der Waals surface area contributed by atoms with Crippen molar-refractivity contribution in [1.29, 1.82) is 0 Å². The predicted molar refractivity (Wildman–Crippen MR) is 113 cm³/mol. The first-order valence-corrected chi connectivity index (χ1v) is 9.16. The highest BCUT2D eigenvalue weighted by Crippen LogP contribution is 2.35. The number of carbonyl (C=O) groups is 1. The fourth-order valence-corrected chi connectivity index (χ4v) is 3.50. The average Bonchev–Trinajstić information content (AvgIpc) is 3.11. The van der Waals surface area contributed by atoms with E-state index >= 15 is 0 Å². The number of hydrogen-bond acceptors (Lipinski definition) is 2. The summed E-state index contributed by atoms with van der Waals surface area (Å²) < 4.78 is 2.07. The largest absolute Gasteiger partial charge is 0.481 e. The van der Waals surface area contributed by atoms with E-state index in [2.05, 4.69) is 34.5 Å². The molecule has 0 aliphatic rings. The maximum atomic E-state index is 11.0. The van der Waals surface area contributed by atoms with E-state index < -0.39 is 5.97 Å². The summed E-state index contributed by atoms with van der Waals surface area (Å²) in [5, 5.41) is 10.1. The van der Waals surface area contributed by atoms with E-state index in [0.717, 1.165) is 39.0 Å². The Morgan fingerprint density at radius 2 is 1.89 bits per heavy atom. The number of aryl methyl sites for hydroxylation is 1. The minimum absolute atomic E-state index is 0.116. The number of benzene rings is 2. The topological polar surface area (TPSA) is 55.1 Å². The Labute approximate surface area is 163 Å². The summed E-state index contributed by atoms with van der Waals surface area (Å²) in [4.78, 5) is 15.5. The van der Waals surface area contributed by atoms with Crippen LogP contribution in [0.1, 0.15) is 17.5 Å². The maximum absolute atomic E-state index is 11.0. The number of carboxylic acid groups (broad SMARTS) is 1. The predicted octanol–water partition coefficient (Wildman–Crippen LogP) is 5.35. The molecule has 0 bridgehead atoms. The van der Waals surface area contributed by atoms with Crippen LogP contribution in [-0.2, 0) is 11.2 Å². The van der Waals surface area contributed by atoms with Crippen LogP contribution in [0.2, 0.25) is 0 Å². The van der Waals surface area contributed by atoms with Crippen LogP contribution < -0.4 is 0 Å². The molecule has 2 aromatic heterocycles. The molecule has 0 unspecified atom stereocenters. The van der Waals surface area contributed by atoms with Crippen LogP contribution in [0.15, 0.2) is 79.6 Å². The average molecular weight is 368 g/mol. The van der Waals surface area contributed by atoms with Crippen molar-refractivity contribution in [3.63, 3.8) is 0 Å². The van der Waals surface area contributed by atoms with E-state index in [1.807, 2.05) is 54.6 Å². The Balaban J connectivity index is 1.95. The molecule has 0 amide bonds. The van der Waals surface area contributed by atoms with Gasteiger partial charge in [0.15, 0.2) is 0 Å². The van der Waals surface area contributed by atoms with Crippen molar-refractivity contribution in [3.8, 4) is 16.9 Å². The van der Waals surface area contributed by atoms with E-state index in [4.69, 9.17) is 5.11 Å². The summed E-state index contributed by atoms with van der Waals surface area (Å²) >= 11 is 0. The molecule has 4 heteroatoms. The van der Waals surface area contributed by atoms with E-state index in [-0.39, 0.29) is 6.42 Å². The molecular formula is C24H20N2O2. The molecule has 0 fully saturated rings. The van der Waals surface area contributed by atoms with Gasteiger partial charge in [-0.25, -0.2) is 4.98 Å². The van der Waals surface area contributed by atoms with Crippen LogP contribution in [-0.4, -0.2) is 20.6 Å².